The monoisotopic (exact) mass is 355 g/mol. The number of hydrogen-bond donors (Lipinski definition) is 2. The van der Waals surface area contributed by atoms with Crippen LogP contribution in [0.15, 0.2) is 24.3 Å². The molecular formula is C16H21NO4S2. The molecule has 0 aliphatic carbocycles. The van der Waals surface area contributed by atoms with Crippen molar-refractivity contribution in [2.45, 2.75) is 24.7 Å². The fourth-order valence-electron chi connectivity index (χ4n) is 2.81. The van der Waals surface area contributed by atoms with Crippen LogP contribution in [0.5, 0.6) is 5.75 Å². The van der Waals surface area contributed by atoms with Gasteiger partial charge in [0.2, 0.25) is 0 Å². The van der Waals surface area contributed by atoms with Gasteiger partial charge in [-0.1, -0.05) is 33.7 Å². The van der Waals surface area contributed by atoms with Crippen LogP contribution >= 0.6 is 21.6 Å². The summed E-state index contributed by atoms with van der Waals surface area (Å²) in [6.45, 7) is 0.451. The van der Waals surface area contributed by atoms with Gasteiger partial charge in [-0.05, 0) is 24.1 Å². The maximum atomic E-state index is 12.2. The van der Waals surface area contributed by atoms with Crippen molar-refractivity contribution in [1.82, 2.24) is 5.32 Å². The van der Waals surface area contributed by atoms with Gasteiger partial charge in [0.05, 0.1) is 19.1 Å². The summed E-state index contributed by atoms with van der Waals surface area (Å²) in [6.07, 6.45) is -0.434. The van der Waals surface area contributed by atoms with Crippen LogP contribution in [0, 0.1) is 5.92 Å². The number of benzene rings is 1. The average molecular weight is 355 g/mol. The van der Waals surface area contributed by atoms with E-state index in [-0.39, 0.29) is 17.9 Å². The molecule has 2 aliphatic rings. The Bertz CT molecular complexity index is 533. The van der Waals surface area contributed by atoms with Crippen LogP contribution in [0.2, 0.25) is 0 Å². The molecule has 2 fully saturated rings. The molecule has 2 heterocycles. The lowest BCUT2D eigenvalue weighted by molar-refractivity contribution is -0.157. The normalized spacial score (nSPS) is 28.0. The molecule has 1 aromatic carbocycles. The highest BCUT2D eigenvalue weighted by atomic mass is 33.1. The molecule has 7 heteroatoms. The summed E-state index contributed by atoms with van der Waals surface area (Å²) in [5.41, 5.74) is 1.12. The van der Waals surface area contributed by atoms with E-state index >= 15 is 0 Å². The number of hydrogen-bond acceptors (Lipinski definition) is 7. The Hall–Kier alpha value is -0.890. The average Bonchev–Trinajstić information content (AvgIpc) is 3.21. The van der Waals surface area contributed by atoms with Crippen LogP contribution in [-0.2, 0) is 16.0 Å². The van der Waals surface area contributed by atoms with E-state index in [9.17, 15) is 9.90 Å². The number of esters is 1. The van der Waals surface area contributed by atoms with Gasteiger partial charge in [-0.15, -0.1) is 0 Å². The maximum Gasteiger partial charge on any atom is 0.311 e. The van der Waals surface area contributed by atoms with Crippen LogP contribution in [0.25, 0.3) is 0 Å². The van der Waals surface area contributed by atoms with Gasteiger partial charge >= 0.3 is 5.97 Å². The molecule has 3 atom stereocenters. The van der Waals surface area contributed by atoms with Crippen molar-refractivity contribution < 1.29 is 19.4 Å². The first-order valence-electron chi connectivity index (χ1n) is 7.66. The largest absolute Gasteiger partial charge is 0.497 e. The van der Waals surface area contributed by atoms with Crippen molar-refractivity contribution in [3.05, 3.63) is 29.8 Å². The van der Waals surface area contributed by atoms with E-state index < -0.39 is 12.2 Å². The second-order valence-corrected chi connectivity index (χ2v) is 8.35. The maximum absolute atomic E-state index is 12.2. The SMILES string of the molecule is COc1ccc(C[C@H]2NC[C@H](O)[C@H]2OC(=O)C2CSSC2)cc1. The predicted molar refractivity (Wildman–Crippen MR) is 92.8 cm³/mol. The number of rotatable bonds is 5. The first-order chi connectivity index (χ1) is 11.2. The minimum atomic E-state index is -0.649. The van der Waals surface area contributed by atoms with E-state index in [0.29, 0.717) is 13.0 Å². The fourth-order valence-corrected chi connectivity index (χ4v) is 5.55. The standard InChI is InChI=1S/C16H21NO4S2/c1-20-12-4-2-10(3-5-12)6-13-15(14(18)7-17-13)21-16(19)11-8-22-23-9-11/h2-5,11,13-15,17-18H,6-9H2,1H3/t13-,14+,15+/m1/s1. The van der Waals surface area contributed by atoms with Crippen molar-refractivity contribution in [2.75, 3.05) is 25.2 Å². The molecule has 0 bridgehead atoms. The zero-order valence-corrected chi connectivity index (χ0v) is 14.6. The zero-order chi connectivity index (χ0) is 16.2. The van der Waals surface area contributed by atoms with Crippen molar-refractivity contribution in [3.63, 3.8) is 0 Å². The lowest BCUT2D eigenvalue weighted by atomic mass is 10.0. The highest BCUT2D eigenvalue weighted by Gasteiger charge is 2.39. The zero-order valence-electron chi connectivity index (χ0n) is 12.9. The summed E-state index contributed by atoms with van der Waals surface area (Å²) >= 11 is 0. The summed E-state index contributed by atoms with van der Waals surface area (Å²) < 4.78 is 10.8. The molecule has 0 spiro atoms. The fraction of sp³-hybridized carbons (Fsp3) is 0.562. The number of β-amino-alcohol motifs (C(OH)–C–C–N with tert-alkyl or cyclic N) is 1. The molecular weight excluding hydrogens is 334 g/mol. The minimum Gasteiger partial charge on any atom is -0.497 e. The molecule has 126 valence electrons. The second kappa shape index (κ2) is 7.79. The summed E-state index contributed by atoms with van der Waals surface area (Å²) in [5, 5.41) is 13.4. The Labute approximate surface area is 143 Å². The Morgan fingerprint density at radius 2 is 2.00 bits per heavy atom. The lowest BCUT2D eigenvalue weighted by Crippen LogP contribution is -2.40. The smallest absolute Gasteiger partial charge is 0.311 e. The van der Waals surface area contributed by atoms with Crippen molar-refractivity contribution in [2.24, 2.45) is 5.92 Å². The molecule has 2 N–H and O–H groups in total. The number of carbonyl (C=O) groups is 1. The molecule has 0 radical (unpaired) electrons. The van der Waals surface area contributed by atoms with Crippen molar-refractivity contribution in [3.8, 4) is 5.75 Å². The van der Waals surface area contributed by atoms with E-state index in [1.54, 1.807) is 28.7 Å². The number of aliphatic hydroxyl groups excluding tert-OH is 1. The quantitative estimate of drug-likeness (QED) is 0.613. The summed E-state index contributed by atoms with van der Waals surface area (Å²) in [5.74, 6) is 2.16. The highest BCUT2D eigenvalue weighted by Crippen LogP contribution is 2.35. The molecule has 0 unspecified atom stereocenters. The molecule has 3 rings (SSSR count). The third kappa shape index (κ3) is 4.15. The van der Waals surface area contributed by atoms with Crippen LogP contribution in [0.3, 0.4) is 0 Å². The Balaban J connectivity index is 1.61. The molecule has 0 aromatic heterocycles. The number of nitrogens with one attached hydrogen (secondary N) is 1. The van der Waals surface area contributed by atoms with E-state index in [0.717, 1.165) is 22.8 Å². The van der Waals surface area contributed by atoms with Gasteiger partial charge in [-0.3, -0.25) is 4.79 Å². The van der Waals surface area contributed by atoms with Gasteiger partial charge in [0.25, 0.3) is 0 Å². The van der Waals surface area contributed by atoms with E-state index in [1.165, 1.54) is 0 Å². The third-order valence-electron chi connectivity index (χ3n) is 4.19. The molecule has 1 aromatic rings. The minimum absolute atomic E-state index is 0.0561. The molecule has 0 saturated carbocycles. The van der Waals surface area contributed by atoms with Gasteiger partial charge in [0, 0.05) is 18.1 Å². The van der Waals surface area contributed by atoms with Gasteiger partial charge in [-0.2, -0.15) is 0 Å². The number of methoxy groups -OCH3 is 1. The molecule has 2 aliphatic heterocycles. The van der Waals surface area contributed by atoms with Crippen molar-refractivity contribution >= 4 is 27.6 Å². The van der Waals surface area contributed by atoms with Gasteiger partial charge in [0.15, 0.2) is 0 Å². The summed E-state index contributed by atoms with van der Waals surface area (Å²) in [6, 6.07) is 7.75. The van der Waals surface area contributed by atoms with Crippen molar-refractivity contribution in [1.29, 1.82) is 0 Å². The number of ether oxygens (including phenoxy) is 2. The van der Waals surface area contributed by atoms with Gasteiger partial charge in [0.1, 0.15) is 18.0 Å². The Kier molecular flexibility index (Phi) is 5.74. The Morgan fingerprint density at radius 3 is 2.65 bits per heavy atom. The number of carbonyl (C=O) groups excluding carboxylic acids is 1. The van der Waals surface area contributed by atoms with Gasteiger partial charge < -0.3 is 19.9 Å². The first kappa shape index (κ1) is 17.0. The first-order valence-corrected chi connectivity index (χ1v) is 10.2. The molecule has 0 amide bonds. The Morgan fingerprint density at radius 1 is 1.30 bits per heavy atom. The van der Waals surface area contributed by atoms with Gasteiger partial charge in [-0.25, -0.2) is 0 Å². The second-order valence-electron chi connectivity index (χ2n) is 5.80. The lowest BCUT2D eigenvalue weighted by Gasteiger charge is -2.23. The predicted octanol–water partition coefficient (Wildman–Crippen LogP) is 1.49. The summed E-state index contributed by atoms with van der Waals surface area (Å²) in [4.78, 5) is 12.2. The van der Waals surface area contributed by atoms with Crippen LogP contribution in [-0.4, -0.2) is 54.5 Å². The van der Waals surface area contributed by atoms with E-state index in [2.05, 4.69) is 5.32 Å². The molecule has 2 saturated heterocycles. The topological polar surface area (TPSA) is 67.8 Å². The van der Waals surface area contributed by atoms with Crippen LogP contribution < -0.4 is 10.1 Å². The van der Waals surface area contributed by atoms with Crippen LogP contribution in [0.4, 0.5) is 0 Å². The molecule has 23 heavy (non-hydrogen) atoms. The number of aliphatic hydroxyl groups is 1. The molecule has 5 nitrogen and oxygen atoms in total. The third-order valence-corrected chi connectivity index (χ3v) is 6.75. The van der Waals surface area contributed by atoms with Crippen LogP contribution in [0.1, 0.15) is 5.56 Å². The summed E-state index contributed by atoms with van der Waals surface area (Å²) in [7, 11) is 5.04. The van der Waals surface area contributed by atoms with E-state index in [4.69, 9.17) is 9.47 Å². The van der Waals surface area contributed by atoms with E-state index in [1.807, 2.05) is 24.3 Å². The highest BCUT2D eigenvalue weighted by molar-refractivity contribution is 8.77.